The number of anilines is 6. The maximum Gasteiger partial charge on any atom is 0.246 e. The van der Waals surface area contributed by atoms with Crippen LogP contribution in [0.1, 0.15) is 46.5 Å². The lowest BCUT2D eigenvalue weighted by Gasteiger charge is -2.16. The van der Waals surface area contributed by atoms with E-state index in [1.165, 1.54) is 6.92 Å². The molecular weight excluding hydrogens is 490 g/mol. The summed E-state index contributed by atoms with van der Waals surface area (Å²) < 4.78 is 0. The Hall–Kier alpha value is -4.79. The molecule has 0 aliphatic rings. The number of nitrogens with one attached hydrogen (secondary N) is 4. The molecule has 0 unspecified atom stereocenters. The highest BCUT2D eigenvalue weighted by Crippen LogP contribution is 2.22. The first-order valence-electron chi connectivity index (χ1n) is 12.7. The molecule has 1 heterocycles. The van der Waals surface area contributed by atoms with Gasteiger partial charge in [-0.2, -0.15) is 15.0 Å². The van der Waals surface area contributed by atoms with Gasteiger partial charge in [0.15, 0.2) is 5.78 Å². The van der Waals surface area contributed by atoms with Crippen molar-refractivity contribution in [1.29, 1.82) is 0 Å². The molecule has 1 atom stereocenters. The van der Waals surface area contributed by atoms with Crippen LogP contribution in [0.15, 0.2) is 60.7 Å². The van der Waals surface area contributed by atoms with E-state index in [0.717, 1.165) is 33.6 Å². The van der Waals surface area contributed by atoms with E-state index < -0.39 is 6.04 Å². The molecule has 39 heavy (non-hydrogen) atoms. The van der Waals surface area contributed by atoms with Gasteiger partial charge in [0, 0.05) is 22.6 Å². The van der Waals surface area contributed by atoms with Crippen LogP contribution in [-0.4, -0.2) is 32.7 Å². The van der Waals surface area contributed by atoms with Crippen molar-refractivity contribution in [1.82, 2.24) is 15.0 Å². The zero-order chi connectivity index (χ0) is 28.1. The average Bonchev–Trinajstić information content (AvgIpc) is 2.82. The Morgan fingerprint density at radius 2 is 1.15 bits per heavy atom. The van der Waals surface area contributed by atoms with Crippen LogP contribution in [0.4, 0.5) is 34.9 Å². The van der Waals surface area contributed by atoms with E-state index in [1.807, 2.05) is 52.0 Å². The van der Waals surface area contributed by atoms with Gasteiger partial charge in [0.1, 0.15) is 6.04 Å². The molecule has 0 saturated carbocycles. The SMILES string of the molecule is CC(=O)c1cccc(NC(=O)[C@H](C)Nc2nc(Nc3cc(C)cc(C)c3)nc(Nc3cc(C)cc(C)c3)n2)c1. The summed E-state index contributed by atoms with van der Waals surface area (Å²) in [4.78, 5) is 38.3. The number of hydrogen-bond donors (Lipinski definition) is 4. The van der Waals surface area contributed by atoms with Crippen molar-refractivity contribution in [2.24, 2.45) is 0 Å². The molecule has 9 nitrogen and oxygen atoms in total. The summed E-state index contributed by atoms with van der Waals surface area (Å²) >= 11 is 0. The zero-order valence-corrected chi connectivity index (χ0v) is 23.0. The Labute approximate surface area is 228 Å². The molecule has 0 fully saturated rings. The number of nitrogens with zero attached hydrogens (tertiary/aromatic N) is 3. The van der Waals surface area contributed by atoms with Gasteiger partial charge >= 0.3 is 0 Å². The summed E-state index contributed by atoms with van der Waals surface area (Å²) in [6.45, 7) is 11.3. The molecule has 1 aromatic heterocycles. The summed E-state index contributed by atoms with van der Waals surface area (Å²) in [5.41, 5.74) is 7.18. The number of ketones is 1. The van der Waals surface area contributed by atoms with Crippen LogP contribution >= 0.6 is 0 Å². The van der Waals surface area contributed by atoms with Crippen LogP contribution in [0.3, 0.4) is 0 Å². The molecule has 4 aromatic rings. The Kier molecular flexibility index (Phi) is 8.19. The number of benzene rings is 3. The maximum absolute atomic E-state index is 12.9. The topological polar surface area (TPSA) is 121 Å². The lowest BCUT2D eigenvalue weighted by molar-refractivity contribution is -0.116. The molecular formula is C30H33N7O2. The summed E-state index contributed by atoms with van der Waals surface area (Å²) in [6.07, 6.45) is 0. The second kappa shape index (κ2) is 11.7. The Morgan fingerprint density at radius 3 is 1.64 bits per heavy atom. The fourth-order valence-corrected chi connectivity index (χ4v) is 4.23. The van der Waals surface area contributed by atoms with Crippen molar-refractivity contribution < 1.29 is 9.59 Å². The second-order valence-electron chi connectivity index (χ2n) is 9.80. The number of hydrogen-bond acceptors (Lipinski definition) is 8. The van der Waals surface area contributed by atoms with Crippen LogP contribution in [0.25, 0.3) is 0 Å². The molecule has 4 N–H and O–H groups in total. The Morgan fingerprint density at radius 1 is 0.667 bits per heavy atom. The largest absolute Gasteiger partial charge is 0.342 e. The summed E-state index contributed by atoms with van der Waals surface area (Å²) in [5.74, 6) is 0.500. The number of rotatable bonds is 9. The van der Waals surface area contributed by atoms with Gasteiger partial charge in [-0.1, -0.05) is 24.3 Å². The monoisotopic (exact) mass is 523 g/mol. The minimum absolute atomic E-state index is 0.0740. The minimum atomic E-state index is -0.684. The van der Waals surface area contributed by atoms with Gasteiger partial charge < -0.3 is 21.3 Å². The van der Waals surface area contributed by atoms with Gasteiger partial charge in [-0.25, -0.2) is 0 Å². The van der Waals surface area contributed by atoms with Gasteiger partial charge in [-0.15, -0.1) is 0 Å². The van der Waals surface area contributed by atoms with Crippen molar-refractivity contribution in [3.63, 3.8) is 0 Å². The van der Waals surface area contributed by atoms with Crippen LogP contribution in [-0.2, 0) is 4.79 Å². The number of Topliss-reactive ketones (excluding diaryl/α,β-unsaturated/α-hetero) is 1. The van der Waals surface area contributed by atoms with E-state index in [9.17, 15) is 9.59 Å². The molecule has 0 saturated heterocycles. The molecule has 0 bridgehead atoms. The number of aryl methyl sites for hydroxylation is 4. The van der Waals surface area contributed by atoms with Crippen molar-refractivity contribution in [3.8, 4) is 0 Å². The first kappa shape index (κ1) is 27.3. The molecule has 3 aromatic carbocycles. The summed E-state index contributed by atoms with van der Waals surface area (Å²) in [6, 6.07) is 18.3. The highest BCUT2D eigenvalue weighted by Gasteiger charge is 2.17. The number of carbonyl (C=O) groups is 2. The van der Waals surface area contributed by atoms with Gasteiger partial charge in [0.25, 0.3) is 0 Å². The third-order valence-corrected chi connectivity index (χ3v) is 5.87. The second-order valence-corrected chi connectivity index (χ2v) is 9.80. The normalized spacial score (nSPS) is 11.4. The Balaban J connectivity index is 1.59. The predicted molar refractivity (Wildman–Crippen MR) is 156 cm³/mol. The molecule has 4 rings (SSSR count). The van der Waals surface area contributed by atoms with Crippen LogP contribution in [0.2, 0.25) is 0 Å². The number of amides is 1. The minimum Gasteiger partial charge on any atom is -0.342 e. The first-order valence-corrected chi connectivity index (χ1v) is 12.7. The zero-order valence-electron chi connectivity index (χ0n) is 23.0. The van der Waals surface area contributed by atoms with Crippen molar-refractivity contribution in [2.45, 2.75) is 47.6 Å². The third kappa shape index (κ3) is 7.61. The van der Waals surface area contributed by atoms with Crippen LogP contribution in [0, 0.1) is 27.7 Å². The molecule has 9 heteroatoms. The molecule has 0 aliphatic heterocycles. The summed E-state index contributed by atoms with van der Waals surface area (Å²) in [7, 11) is 0. The van der Waals surface area contributed by atoms with Gasteiger partial charge in [-0.05, 0) is 100 Å². The highest BCUT2D eigenvalue weighted by atomic mass is 16.2. The van der Waals surface area contributed by atoms with Crippen molar-refractivity contribution in [2.75, 3.05) is 21.3 Å². The standard InChI is InChI=1S/C30H33N7O2/c1-17-10-18(2)13-25(12-17)33-29-35-28(36-30(37-29)34-26-14-19(3)11-20(4)15-26)31-21(5)27(39)32-24-9-7-8-23(16-24)22(6)38/h7-16,21H,1-6H3,(H,32,39)(H3,31,33,34,35,36,37)/t21-/m0/s1. The van der Waals surface area contributed by atoms with E-state index in [4.69, 9.17) is 0 Å². The fourth-order valence-electron chi connectivity index (χ4n) is 4.23. The fraction of sp³-hybridized carbons (Fsp3) is 0.233. The van der Waals surface area contributed by atoms with E-state index in [0.29, 0.717) is 23.1 Å². The van der Waals surface area contributed by atoms with Gasteiger partial charge in [-0.3, -0.25) is 9.59 Å². The molecule has 0 spiro atoms. The first-order chi connectivity index (χ1) is 18.5. The molecule has 0 aliphatic carbocycles. The van der Waals surface area contributed by atoms with E-state index >= 15 is 0 Å². The predicted octanol–water partition coefficient (Wildman–Crippen LogP) is 6.23. The van der Waals surface area contributed by atoms with Crippen molar-refractivity contribution >= 4 is 46.6 Å². The van der Waals surface area contributed by atoms with Gasteiger partial charge in [0.05, 0.1) is 0 Å². The molecule has 0 radical (unpaired) electrons. The van der Waals surface area contributed by atoms with Gasteiger partial charge in [0.2, 0.25) is 23.8 Å². The lowest BCUT2D eigenvalue weighted by atomic mass is 10.1. The van der Waals surface area contributed by atoms with Crippen LogP contribution < -0.4 is 21.3 Å². The number of carbonyl (C=O) groups excluding carboxylic acids is 2. The molecule has 200 valence electrons. The summed E-state index contributed by atoms with van der Waals surface area (Å²) in [5, 5.41) is 12.4. The highest BCUT2D eigenvalue weighted by molar-refractivity contribution is 5.99. The molecule has 1 amide bonds. The smallest absolute Gasteiger partial charge is 0.246 e. The van der Waals surface area contributed by atoms with E-state index in [2.05, 4.69) is 48.4 Å². The third-order valence-electron chi connectivity index (χ3n) is 5.87. The maximum atomic E-state index is 12.9. The lowest BCUT2D eigenvalue weighted by Crippen LogP contribution is -2.32. The average molecular weight is 524 g/mol. The van der Waals surface area contributed by atoms with Crippen LogP contribution in [0.5, 0.6) is 0 Å². The number of aromatic nitrogens is 3. The van der Waals surface area contributed by atoms with Crippen molar-refractivity contribution in [3.05, 3.63) is 88.5 Å². The quantitative estimate of drug-likeness (QED) is 0.190. The van der Waals surface area contributed by atoms with E-state index in [-0.39, 0.29) is 17.6 Å². The van der Waals surface area contributed by atoms with E-state index in [1.54, 1.807) is 31.2 Å². The Bertz CT molecular complexity index is 1420.